The predicted octanol–water partition coefficient (Wildman–Crippen LogP) is 3.61. The van der Waals surface area contributed by atoms with Crippen LogP contribution in [0.5, 0.6) is 5.75 Å². The lowest BCUT2D eigenvalue weighted by Gasteiger charge is -2.35. The molecule has 0 saturated carbocycles. The first-order valence-electron chi connectivity index (χ1n) is 8.24. The van der Waals surface area contributed by atoms with Gasteiger partial charge in [-0.3, -0.25) is 9.80 Å². The number of hydrogen-bond donors (Lipinski definition) is 1. The van der Waals surface area contributed by atoms with Crippen LogP contribution < -0.4 is 4.74 Å². The smallest absolute Gasteiger partial charge is 0.303 e. The van der Waals surface area contributed by atoms with Crippen molar-refractivity contribution < 1.29 is 23.4 Å². The minimum Gasteiger partial charge on any atom is -0.485 e. The van der Waals surface area contributed by atoms with Crippen LogP contribution in [0, 0.1) is 11.6 Å². The third-order valence-electron chi connectivity index (χ3n) is 3.95. The monoisotopic (exact) mass is 354 g/mol. The molecule has 0 amide bonds. The van der Waals surface area contributed by atoms with Crippen molar-refractivity contribution in [1.29, 1.82) is 0 Å². The summed E-state index contributed by atoms with van der Waals surface area (Å²) in [6, 6.07) is 2.16. The molecule has 2 rings (SSSR count). The Morgan fingerprint density at radius 1 is 1.36 bits per heavy atom. The zero-order valence-electron chi connectivity index (χ0n) is 15.0. The first-order valence-corrected chi connectivity index (χ1v) is 8.24. The number of nitrogens with zero attached hydrogens (tertiary/aromatic N) is 2. The number of carboxylic acid groups (broad SMARTS) is 1. The molecule has 0 aromatic heterocycles. The standard InChI is InChI=1S/C18H24F2N2O3/c1-11-7-13(22(21-11)18(2,3)4)10-25-17-14(19)8-12(9-15(17)20)5-6-16(23)24/h8-9,13H,5-7,10H2,1-4H3,(H,23,24). The maximum atomic E-state index is 14.2. The van der Waals surface area contributed by atoms with Crippen LogP contribution in [0.3, 0.4) is 0 Å². The van der Waals surface area contributed by atoms with Crippen LogP contribution in [0.4, 0.5) is 8.78 Å². The van der Waals surface area contributed by atoms with Crippen molar-refractivity contribution in [2.24, 2.45) is 5.10 Å². The van der Waals surface area contributed by atoms with E-state index < -0.39 is 23.4 Å². The summed E-state index contributed by atoms with van der Waals surface area (Å²) in [5, 5.41) is 15.0. The van der Waals surface area contributed by atoms with E-state index in [0.717, 1.165) is 17.8 Å². The highest BCUT2D eigenvalue weighted by Gasteiger charge is 2.33. The van der Waals surface area contributed by atoms with Gasteiger partial charge in [0, 0.05) is 24.1 Å². The molecule has 1 aliphatic rings. The molecule has 138 valence electrons. The van der Waals surface area contributed by atoms with E-state index >= 15 is 0 Å². The van der Waals surface area contributed by atoms with Gasteiger partial charge in [0.25, 0.3) is 0 Å². The number of carboxylic acids is 1. The molecule has 25 heavy (non-hydrogen) atoms. The van der Waals surface area contributed by atoms with E-state index in [1.54, 1.807) is 0 Å². The lowest BCUT2D eigenvalue weighted by Crippen LogP contribution is -2.44. The van der Waals surface area contributed by atoms with Gasteiger partial charge in [0.2, 0.25) is 0 Å². The van der Waals surface area contributed by atoms with Gasteiger partial charge < -0.3 is 9.84 Å². The van der Waals surface area contributed by atoms with E-state index in [-0.39, 0.29) is 31.0 Å². The normalized spacial score (nSPS) is 17.6. The van der Waals surface area contributed by atoms with Gasteiger partial charge in [0.05, 0.1) is 6.04 Å². The first-order chi connectivity index (χ1) is 11.6. The molecule has 0 spiro atoms. The van der Waals surface area contributed by atoms with E-state index in [0.29, 0.717) is 12.0 Å². The van der Waals surface area contributed by atoms with Crippen molar-refractivity contribution in [3.63, 3.8) is 0 Å². The molecule has 1 aromatic carbocycles. The largest absolute Gasteiger partial charge is 0.485 e. The Morgan fingerprint density at radius 3 is 2.48 bits per heavy atom. The maximum Gasteiger partial charge on any atom is 0.303 e. The van der Waals surface area contributed by atoms with Crippen LogP contribution in [-0.2, 0) is 11.2 Å². The number of hydrazone groups is 1. The van der Waals surface area contributed by atoms with Gasteiger partial charge in [-0.15, -0.1) is 0 Å². The molecule has 1 unspecified atom stereocenters. The van der Waals surface area contributed by atoms with Crippen molar-refractivity contribution in [3.05, 3.63) is 29.3 Å². The van der Waals surface area contributed by atoms with Crippen LogP contribution in [0.25, 0.3) is 0 Å². The molecule has 0 saturated heterocycles. The van der Waals surface area contributed by atoms with Gasteiger partial charge >= 0.3 is 5.97 Å². The summed E-state index contributed by atoms with van der Waals surface area (Å²) >= 11 is 0. The summed E-state index contributed by atoms with van der Waals surface area (Å²) < 4.78 is 33.7. The van der Waals surface area contributed by atoms with E-state index in [1.165, 1.54) is 0 Å². The van der Waals surface area contributed by atoms with Crippen LogP contribution in [-0.4, -0.2) is 40.0 Å². The molecule has 1 N–H and O–H groups in total. The number of ether oxygens (including phenoxy) is 1. The molecular formula is C18H24F2N2O3. The molecule has 1 heterocycles. The van der Waals surface area contributed by atoms with E-state index in [2.05, 4.69) is 5.10 Å². The molecule has 1 aliphatic heterocycles. The zero-order chi connectivity index (χ0) is 18.8. The third-order valence-corrected chi connectivity index (χ3v) is 3.95. The van der Waals surface area contributed by atoms with Crippen molar-refractivity contribution >= 4 is 11.7 Å². The summed E-state index contributed by atoms with van der Waals surface area (Å²) in [5.74, 6) is -3.09. The van der Waals surface area contributed by atoms with Crippen molar-refractivity contribution in [2.45, 2.75) is 58.5 Å². The number of hydrogen-bond acceptors (Lipinski definition) is 4. The second-order valence-corrected chi connectivity index (χ2v) is 7.30. The maximum absolute atomic E-state index is 14.2. The molecule has 0 bridgehead atoms. The van der Waals surface area contributed by atoms with E-state index in [1.807, 2.05) is 32.7 Å². The Labute approximate surface area is 146 Å². The van der Waals surface area contributed by atoms with Gasteiger partial charge in [0.15, 0.2) is 17.4 Å². The minimum absolute atomic E-state index is 0.0664. The van der Waals surface area contributed by atoms with Crippen molar-refractivity contribution in [1.82, 2.24) is 5.01 Å². The highest BCUT2D eigenvalue weighted by molar-refractivity contribution is 5.83. The quantitative estimate of drug-likeness (QED) is 0.848. The second kappa shape index (κ2) is 7.37. The second-order valence-electron chi connectivity index (χ2n) is 7.30. The fourth-order valence-electron chi connectivity index (χ4n) is 2.89. The Morgan fingerprint density at radius 2 is 1.96 bits per heavy atom. The predicted molar refractivity (Wildman–Crippen MR) is 90.9 cm³/mol. The summed E-state index contributed by atoms with van der Waals surface area (Å²) in [4.78, 5) is 10.6. The van der Waals surface area contributed by atoms with Crippen LogP contribution in [0.1, 0.15) is 46.1 Å². The summed E-state index contributed by atoms with van der Waals surface area (Å²) in [6.07, 6.45) is 0.562. The summed E-state index contributed by atoms with van der Waals surface area (Å²) in [6.45, 7) is 8.07. The van der Waals surface area contributed by atoms with E-state index in [9.17, 15) is 13.6 Å². The molecule has 0 fully saturated rings. The molecule has 0 radical (unpaired) electrons. The van der Waals surface area contributed by atoms with Crippen LogP contribution in [0.15, 0.2) is 17.2 Å². The van der Waals surface area contributed by atoms with Gasteiger partial charge in [-0.2, -0.15) is 5.10 Å². The van der Waals surface area contributed by atoms with Crippen molar-refractivity contribution in [3.8, 4) is 5.75 Å². The van der Waals surface area contributed by atoms with Gasteiger partial charge in [-0.25, -0.2) is 8.78 Å². The Kier molecular flexibility index (Phi) is 5.65. The molecule has 1 aromatic rings. The van der Waals surface area contributed by atoms with Crippen LogP contribution >= 0.6 is 0 Å². The SMILES string of the molecule is CC1=NN(C(C)(C)C)C(COc2c(F)cc(CCC(=O)O)cc2F)C1. The lowest BCUT2D eigenvalue weighted by molar-refractivity contribution is -0.136. The minimum atomic E-state index is -1.01. The van der Waals surface area contributed by atoms with Crippen LogP contribution in [0.2, 0.25) is 0 Å². The Hall–Kier alpha value is -2.18. The first kappa shape index (κ1) is 19.1. The van der Waals surface area contributed by atoms with Gasteiger partial charge in [0.1, 0.15) is 6.61 Å². The lowest BCUT2D eigenvalue weighted by atomic mass is 10.0. The van der Waals surface area contributed by atoms with E-state index in [4.69, 9.17) is 9.84 Å². The Balaban J connectivity index is 2.07. The number of carbonyl (C=O) groups is 1. The Bertz CT molecular complexity index is 660. The molecule has 5 nitrogen and oxygen atoms in total. The fraction of sp³-hybridized carbons (Fsp3) is 0.556. The number of aryl methyl sites for hydroxylation is 1. The summed E-state index contributed by atoms with van der Waals surface area (Å²) in [7, 11) is 0. The molecule has 1 atom stereocenters. The average Bonchev–Trinajstić information content (AvgIpc) is 2.85. The summed E-state index contributed by atoms with van der Waals surface area (Å²) in [5.41, 5.74) is 1.03. The topological polar surface area (TPSA) is 62.1 Å². The molecule has 7 heteroatoms. The number of halogens is 2. The zero-order valence-corrected chi connectivity index (χ0v) is 15.0. The highest BCUT2D eigenvalue weighted by atomic mass is 19.1. The van der Waals surface area contributed by atoms with Gasteiger partial charge in [-0.05, 0) is 51.8 Å². The molecule has 0 aliphatic carbocycles. The third kappa shape index (κ3) is 4.90. The molecular weight excluding hydrogens is 330 g/mol. The van der Waals surface area contributed by atoms with Gasteiger partial charge in [-0.1, -0.05) is 0 Å². The van der Waals surface area contributed by atoms with Crippen molar-refractivity contribution in [2.75, 3.05) is 6.61 Å². The number of benzene rings is 1. The fourth-order valence-corrected chi connectivity index (χ4v) is 2.89. The number of aliphatic carboxylic acids is 1. The average molecular weight is 354 g/mol. The highest BCUT2D eigenvalue weighted by Crippen LogP contribution is 2.28. The number of rotatable bonds is 6.